The van der Waals surface area contributed by atoms with Gasteiger partial charge in [-0.3, -0.25) is 5.32 Å². The molecule has 2 heteroatoms. The van der Waals surface area contributed by atoms with Crippen molar-refractivity contribution in [2.45, 2.75) is 17.6 Å². The molecule has 0 saturated carbocycles. The van der Waals surface area contributed by atoms with Crippen molar-refractivity contribution in [1.29, 1.82) is 0 Å². The van der Waals surface area contributed by atoms with Crippen LogP contribution < -0.4 is 10.6 Å². The quantitative estimate of drug-likeness (QED) is 0.162. The van der Waals surface area contributed by atoms with Gasteiger partial charge in [-0.05, 0) is 97.1 Å². The Morgan fingerprint density at radius 3 is 1.85 bits per heavy atom. The molecule has 2 N–H and O–H groups in total. The van der Waals surface area contributed by atoms with E-state index in [0.29, 0.717) is 0 Å². The van der Waals surface area contributed by atoms with Gasteiger partial charge >= 0.3 is 0 Å². The summed E-state index contributed by atoms with van der Waals surface area (Å²) in [6.07, 6.45) is 6.51. The van der Waals surface area contributed by atoms with Crippen molar-refractivity contribution in [1.82, 2.24) is 10.6 Å². The molecule has 0 amide bonds. The first kappa shape index (κ1) is 32.7. The predicted octanol–water partition coefficient (Wildman–Crippen LogP) is 11.8. The molecule has 1 aliphatic heterocycles. The molecule has 0 spiro atoms. The molecule has 0 fully saturated rings. The van der Waals surface area contributed by atoms with Crippen LogP contribution in [0.3, 0.4) is 0 Å². The topological polar surface area (TPSA) is 24.1 Å². The smallest absolute Gasteiger partial charge is 0.104 e. The second-order valence-corrected chi connectivity index (χ2v) is 14.4. The first-order chi connectivity index (χ1) is 27.3. The normalized spacial score (nSPS) is 17.6. The lowest BCUT2D eigenvalue weighted by atomic mass is 9.67. The van der Waals surface area contributed by atoms with E-state index in [0.717, 1.165) is 28.0 Å². The average Bonchev–Trinajstić information content (AvgIpc) is 3.58. The van der Waals surface area contributed by atoms with E-state index in [4.69, 9.17) is 0 Å². The highest BCUT2D eigenvalue weighted by Crippen LogP contribution is 2.56. The summed E-state index contributed by atoms with van der Waals surface area (Å²) < 4.78 is 0. The number of rotatable bonds is 7. The second-order valence-electron chi connectivity index (χ2n) is 14.4. The molecular weight excluding hydrogens is 665 g/mol. The highest BCUT2D eigenvalue weighted by Gasteiger charge is 2.46. The number of allylic oxidation sites excluding steroid dienone is 4. The Morgan fingerprint density at radius 2 is 1.11 bits per heavy atom. The van der Waals surface area contributed by atoms with Crippen molar-refractivity contribution in [2.75, 3.05) is 0 Å². The van der Waals surface area contributed by atoms with E-state index < -0.39 is 5.41 Å². The van der Waals surface area contributed by atoms with Crippen molar-refractivity contribution in [3.63, 3.8) is 0 Å². The lowest BCUT2D eigenvalue weighted by molar-refractivity contribution is 0.442. The Labute approximate surface area is 322 Å². The van der Waals surface area contributed by atoms with Crippen LogP contribution in [0.5, 0.6) is 0 Å². The van der Waals surface area contributed by atoms with Gasteiger partial charge in [0.2, 0.25) is 0 Å². The number of fused-ring (bicyclic) bond motifs is 3. The molecule has 2 nitrogen and oxygen atoms in total. The van der Waals surface area contributed by atoms with Gasteiger partial charge in [-0.2, -0.15) is 0 Å². The van der Waals surface area contributed by atoms with E-state index in [1.165, 1.54) is 50.1 Å². The molecule has 10 rings (SSSR count). The van der Waals surface area contributed by atoms with Crippen molar-refractivity contribution < 1.29 is 0 Å². The largest absolute Gasteiger partial charge is 0.366 e. The van der Waals surface area contributed by atoms with Crippen LogP contribution in [0, 0.1) is 0 Å². The molecule has 260 valence electrons. The highest BCUT2D eigenvalue weighted by atomic mass is 15.2. The third-order valence-electron chi connectivity index (χ3n) is 11.3. The fourth-order valence-electron chi connectivity index (χ4n) is 8.73. The molecule has 0 aromatic heterocycles. The van der Waals surface area contributed by atoms with Gasteiger partial charge in [-0.1, -0.05) is 187 Å². The summed E-state index contributed by atoms with van der Waals surface area (Å²) in [5.41, 5.74) is 23.1. The summed E-state index contributed by atoms with van der Waals surface area (Å²) in [5, 5.41) is 7.67. The Balaban J connectivity index is 1.03. The van der Waals surface area contributed by atoms with Crippen LogP contribution in [0.15, 0.2) is 218 Å². The standard InChI is InChI=1S/C53H38N2/c1-5-17-37(18-6-1)50-36-51(38-19-7-2-8-20-38)55-52(54-50)43-24-16-23-41(34-43)39-21-15-22-40(33-39)42-31-32-47-46-29-13-14-30-48(46)53(49(47)35-42,44-25-9-3-10-26-44)45-27-11-4-12-28-45/h1-14,16-21,23-36,50,52,54-55H. The van der Waals surface area contributed by atoms with E-state index in [1.807, 2.05) is 6.08 Å². The minimum atomic E-state index is -0.454. The maximum absolute atomic E-state index is 3.87. The Morgan fingerprint density at radius 1 is 0.491 bits per heavy atom. The first-order valence-electron chi connectivity index (χ1n) is 19.0. The van der Waals surface area contributed by atoms with E-state index >= 15 is 0 Å². The molecule has 2 atom stereocenters. The molecule has 0 saturated heterocycles. The molecule has 3 aliphatic rings. The Hall–Kier alpha value is -6.92. The molecule has 55 heavy (non-hydrogen) atoms. The van der Waals surface area contributed by atoms with Gasteiger partial charge in [0.1, 0.15) is 6.17 Å². The Bertz CT molecular complexity index is 2670. The maximum Gasteiger partial charge on any atom is 0.104 e. The number of hydrogen-bond donors (Lipinski definition) is 2. The summed E-state index contributed by atoms with van der Waals surface area (Å²) in [4.78, 5) is 0. The van der Waals surface area contributed by atoms with Gasteiger partial charge in [0.25, 0.3) is 0 Å². The van der Waals surface area contributed by atoms with Crippen LogP contribution in [0.2, 0.25) is 0 Å². The van der Waals surface area contributed by atoms with Crippen LogP contribution in [-0.2, 0) is 5.41 Å². The lowest BCUT2D eigenvalue weighted by Crippen LogP contribution is -2.39. The van der Waals surface area contributed by atoms with Crippen LogP contribution >= 0.6 is 0 Å². The lowest BCUT2D eigenvalue weighted by Gasteiger charge is -2.34. The van der Waals surface area contributed by atoms with Crippen LogP contribution in [-0.4, -0.2) is 0 Å². The molecule has 0 radical (unpaired) electrons. The fraction of sp³-hybridized carbons (Fsp3) is 0.0566. The first-order valence-corrected chi connectivity index (χ1v) is 19.0. The third-order valence-corrected chi connectivity index (χ3v) is 11.3. The number of hydrogen-bond acceptors (Lipinski definition) is 2. The molecule has 7 aromatic carbocycles. The minimum Gasteiger partial charge on any atom is -0.366 e. The zero-order chi connectivity index (χ0) is 36.6. The van der Waals surface area contributed by atoms with Crippen LogP contribution in [0.4, 0.5) is 0 Å². The van der Waals surface area contributed by atoms with Crippen molar-refractivity contribution in [2.24, 2.45) is 0 Å². The van der Waals surface area contributed by atoms with Gasteiger partial charge < -0.3 is 5.32 Å². The summed E-state index contributed by atoms with van der Waals surface area (Å²) in [7, 11) is 0. The zero-order valence-corrected chi connectivity index (χ0v) is 30.3. The third kappa shape index (κ3) is 5.74. The monoisotopic (exact) mass is 702 g/mol. The van der Waals surface area contributed by atoms with Crippen LogP contribution in [0.1, 0.15) is 62.3 Å². The van der Waals surface area contributed by atoms with E-state index in [-0.39, 0.29) is 12.2 Å². The van der Waals surface area contributed by atoms with E-state index in [9.17, 15) is 0 Å². The molecule has 0 bridgehead atoms. The van der Waals surface area contributed by atoms with Gasteiger partial charge in [-0.15, -0.1) is 0 Å². The van der Waals surface area contributed by atoms with E-state index in [2.05, 4.69) is 222 Å². The fourth-order valence-corrected chi connectivity index (χ4v) is 8.73. The minimum absolute atomic E-state index is 0.0578. The number of nitrogens with one attached hydrogen (secondary N) is 2. The summed E-state index contributed by atoms with van der Waals surface area (Å²) in [6, 6.07) is 67.9. The molecule has 2 unspecified atom stereocenters. The van der Waals surface area contributed by atoms with Gasteiger partial charge in [-0.25, -0.2) is 0 Å². The van der Waals surface area contributed by atoms with Crippen LogP contribution in [0.25, 0.3) is 28.0 Å². The molecule has 2 aliphatic carbocycles. The predicted molar refractivity (Wildman–Crippen MR) is 226 cm³/mol. The summed E-state index contributed by atoms with van der Waals surface area (Å²) in [6.45, 7) is 0. The van der Waals surface area contributed by atoms with E-state index in [1.54, 1.807) is 0 Å². The number of benzene rings is 7. The zero-order valence-electron chi connectivity index (χ0n) is 30.3. The maximum atomic E-state index is 3.87. The summed E-state index contributed by atoms with van der Waals surface area (Å²) in [5.74, 6) is 0. The van der Waals surface area contributed by atoms with Crippen molar-refractivity contribution >= 4 is 16.8 Å². The van der Waals surface area contributed by atoms with Crippen molar-refractivity contribution in [3.8, 4) is 11.1 Å². The van der Waals surface area contributed by atoms with Gasteiger partial charge in [0, 0.05) is 11.3 Å². The second kappa shape index (κ2) is 13.8. The van der Waals surface area contributed by atoms with Gasteiger partial charge in [0.05, 0.1) is 11.5 Å². The average molecular weight is 703 g/mol. The van der Waals surface area contributed by atoms with Crippen molar-refractivity contribution in [3.05, 3.63) is 268 Å². The highest BCUT2D eigenvalue weighted by molar-refractivity contribution is 5.92. The SMILES string of the molecule is C1=C=C(c2ccc3c(c2)C(c2ccccc2)(c2ccccc2)c2ccccc2-3)C=C(c2cccc(C3NC(c4ccccc4)=CC(c4ccccc4)N3)c2)C=1. The molecular formula is C53H38N2. The molecule has 1 heterocycles. The van der Waals surface area contributed by atoms with Gasteiger partial charge in [0.15, 0.2) is 0 Å². The Kier molecular flexibility index (Phi) is 8.21. The molecule has 7 aromatic rings. The summed E-state index contributed by atoms with van der Waals surface area (Å²) >= 11 is 0.